The van der Waals surface area contributed by atoms with E-state index in [4.69, 9.17) is 27.4 Å². The number of carboxylic acids is 2. The molecule has 0 heterocycles. The molecule has 0 aromatic carbocycles. The van der Waals surface area contributed by atoms with Crippen molar-refractivity contribution < 1.29 is 19.8 Å². The first kappa shape index (κ1) is 16.3. The van der Waals surface area contributed by atoms with Gasteiger partial charge in [0.25, 0.3) is 0 Å². The summed E-state index contributed by atoms with van der Waals surface area (Å²) in [4.78, 5) is 19.6. The van der Waals surface area contributed by atoms with Crippen molar-refractivity contribution in [3.05, 3.63) is 0 Å². The zero-order chi connectivity index (χ0) is 12.4. The normalized spacial score (nSPS) is 11.5. The van der Waals surface area contributed by atoms with E-state index in [9.17, 15) is 9.59 Å². The molecule has 0 aromatic rings. The van der Waals surface area contributed by atoms with Crippen molar-refractivity contribution in [2.24, 2.45) is 17.2 Å². The Morgan fingerprint density at radius 2 is 1.67 bits per heavy atom. The van der Waals surface area contributed by atoms with Crippen LogP contribution in [0.5, 0.6) is 0 Å². The number of carboxylic acid groups (broad SMARTS) is 2. The Kier molecular flexibility index (Phi) is 10.2. The summed E-state index contributed by atoms with van der Waals surface area (Å²) in [7, 11) is 0. The summed E-state index contributed by atoms with van der Waals surface area (Å²) in [6.45, 7) is 2.06. The molecule has 0 radical (unpaired) electrons. The lowest BCUT2D eigenvalue weighted by molar-refractivity contribution is -0.144. The van der Waals surface area contributed by atoms with Gasteiger partial charge in [-0.1, -0.05) is 13.3 Å². The number of hydrogen-bond donors (Lipinski definition) is 5. The van der Waals surface area contributed by atoms with Crippen LogP contribution in [0.2, 0.25) is 0 Å². The second-order valence-corrected chi connectivity index (χ2v) is 3.00. The van der Waals surface area contributed by atoms with Crippen LogP contribution in [0.4, 0.5) is 0 Å². The molecule has 0 bridgehead atoms. The van der Waals surface area contributed by atoms with E-state index in [0.717, 1.165) is 12.8 Å². The highest BCUT2D eigenvalue weighted by Crippen LogP contribution is 1.86. The molecular formula is C8H19N3O4. The topological polar surface area (TPSA) is 153 Å². The second kappa shape index (κ2) is 9.38. The summed E-state index contributed by atoms with van der Waals surface area (Å²) < 4.78 is 0. The summed E-state index contributed by atoms with van der Waals surface area (Å²) in [6.07, 6.45) is 1.38. The van der Waals surface area contributed by atoms with E-state index < -0.39 is 24.4 Å². The molecule has 90 valence electrons. The molecular weight excluding hydrogens is 202 g/mol. The fourth-order valence-electron chi connectivity index (χ4n) is 0.609. The predicted molar refractivity (Wildman–Crippen MR) is 54.9 cm³/mol. The van der Waals surface area contributed by atoms with Gasteiger partial charge < -0.3 is 27.4 Å². The molecule has 0 saturated heterocycles. The molecule has 0 aliphatic heterocycles. The summed E-state index contributed by atoms with van der Waals surface area (Å²) in [5, 5.41) is 16.0. The smallest absolute Gasteiger partial charge is 0.321 e. The van der Waals surface area contributed by atoms with Crippen LogP contribution < -0.4 is 17.2 Å². The molecule has 7 heteroatoms. The van der Waals surface area contributed by atoms with Gasteiger partial charge in [-0.05, 0) is 6.42 Å². The van der Waals surface area contributed by atoms with Gasteiger partial charge in [0.15, 0.2) is 0 Å². The van der Waals surface area contributed by atoms with Crippen LogP contribution in [0, 0.1) is 0 Å². The van der Waals surface area contributed by atoms with E-state index in [1.807, 2.05) is 0 Å². The van der Waals surface area contributed by atoms with Gasteiger partial charge in [0, 0.05) is 0 Å². The molecule has 0 spiro atoms. The Morgan fingerprint density at radius 1 is 1.20 bits per heavy atom. The fraction of sp³-hybridized carbons (Fsp3) is 0.750. The zero-order valence-corrected chi connectivity index (χ0v) is 8.72. The maximum absolute atomic E-state index is 9.85. The van der Waals surface area contributed by atoms with Crippen molar-refractivity contribution in [1.29, 1.82) is 0 Å². The van der Waals surface area contributed by atoms with Crippen molar-refractivity contribution >= 4 is 11.9 Å². The lowest BCUT2D eigenvalue weighted by Crippen LogP contribution is -2.32. The van der Waals surface area contributed by atoms with Gasteiger partial charge in [-0.2, -0.15) is 0 Å². The van der Waals surface area contributed by atoms with E-state index in [1.54, 1.807) is 0 Å². The average Bonchev–Trinajstić information content (AvgIpc) is 2.03. The minimum absolute atomic E-state index is 0.102. The summed E-state index contributed by atoms with van der Waals surface area (Å²) in [5.41, 5.74) is 15.2. The van der Waals surface area contributed by atoms with Crippen LogP contribution in [-0.4, -0.2) is 34.4 Å². The number of carbonyl (C=O) groups is 2. The quantitative estimate of drug-likeness (QED) is 0.369. The molecule has 0 fully saturated rings. The van der Waals surface area contributed by atoms with E-state index in [-0.39, 0.29) is 6.17 Å². The summed E-state index contributed by atoms with van der Waals surface area (Å²) in [6, 6.07) is -1.29. The first-order valence-electron chi connectivity index (χ1n) is 4.52. The predicted octanol–water partition coefficient (Wildman–Crippen LogP) is -1.10. The van der Waals surface area contributed by atoms with Crippen LogP contribution in [0.25, 0.3) is 0 Å². The van der Waals surface area contributed by atoms with Gasteiger partial charge >= 0.3 is 11.9 Å². The monoisotopic (exact) mass is 221 g/mol. The Balaban J connectivity index is 0. The number of nitrogens with two attached hydrogens (primary N) is 3. The molecule has 1 atom stereocenters. The van der Waals surface area contributed by atoms with Crippen LogP contribution in [0.1, 0.15) is 26.2 Å². The molecule has 0 amide bonds. The van der Waals surface area contributed by atoms with Crippen molar-refractivity contribution in [2.45, 2.75) is 38.4 Å². The molecule has 1 unspecified atom stereocenters. The fourth-order valence-corrected chi connectivity index (χ4v) is 0.609. The minimum Gasteiger partial charge on any atom is -0.481 e. The van der Waals surface area contributed by atoms with Crippen LogP contribution >= 0.6 is 0 Å². The van der Waals surface area contributed by atoms with Crippen molar-refractivity contribution in [3.63, 3.8) is 0 Å². The number of hydrogen-bond acceptors (Lipinski definition) is 5. The Hall–Kier alpha value is -1.18. The summed E-state index contributed by atoms with van der Waals surface area (Å²) >= 11 is 0. The van der Waals surface area contributed by atoms with Crippen LogP contribution in [-0.2, 0) is 9.59 Å². The number of rotatable bonds is 5. The maximum Gasteiger partial charge on any atom is 0.321 e. The molecule has 8 N–H and O–H groups in total. The van der Waals surface area contributed by atoms with Crippen LogP contribution in [0.15, 0.2) is 0 Å². The highest BCUT2D eigenvalue weighted by molar-refractivity contribution is 5.80. The maximum atomic E-state index is 9.85. The van der Waals surface area contributed by atoms with Gasteiger partial charge in [0.1, 0.15) is 6.04 Å². The molecule has 0 aromatic heterocycles. The molecule has 0 saturated carbocycles. The van der Waals surface area contributed by atoms with E-state index in [1.165, 1.54) is 0 Å². The third-order valence-corrected chi connectivity index (χ3v) is 1.33. The summed E-state index contributed by atoms with van der Waals surface area (Å²) in [5.74, 6) is -2.50. The third-order valence-electron chi connectivity index (χ3n) is 1.33. The van der Waals surface area contributed by atoms with E-state index >= 15 is 0 Å². The highest BCUT2D eigenvalue weighted by atomic mass is 16.4. The Morgan fingerprint density at radius 3 is 1.73 bits per heavy atom. The number of aliphatic carboxylic acids is 2. The second-order valence-electron chi connectivity index (χ2n) is 3.00. The minimum atomic E-state index is -1.29. The van der Waals surface area contributed by atoms with E-state index in [0.29, 0.717) is 0 Å². The largest absolute Gasteiger partial charge is 0.481 e. The van der Waals surface area contributed by atoms with Gasteiger partial charge in [-0.25, -0.2) is 0 Å². The average molecular weight is 221 g/mol. The molecule has 15 heavy (non-hydrogen) atoms. The van der Waals surface area contributed by atoms with Crippen LogP contribution in [0.3, 0.4) is 0 Å². The standard InChI is InChI=1S/C4H12N2.C4H7NO4/c1-2-3-4(5)6;5-2(4(8)9)1-3(6)7/h4H,2-3,5-6H2,1H3;2H,1,5H2,(H,6,7)(H,8,9). The first-order valence-corrected chi connectivity index (χ1v) is 4.52. The molecule has 0 aliphatic rings. The molecule has 7 nitrogen and oxygen atoms in total. The zero-order valence-electron chi connectivity index (χ0n) is 8.72. The Bertz CT molecular complexity index is 196. The van der Waals surface area contributed by atoms with Gasteiger partial charge in [-0.3, -0.25) is 9.59 Å². The van der Waals surface area contributed by atoms with Gasteiger partial charge in [0.2, 0.25) is 0 Å². The van der Waals surface area contributed by atoms with Gasteiger partial charge in [-0.15, -0.1) is 0 Å². The SMILES string of the molecule is CCCC(N)N.NC(CC(=O)O)C(=O)O. The van der Waals surface area contributed by atoms with Gasteiger partial charge in [0.05, 0.1) is 12.6 Å². The van der Waals surface area contributed by atoms with E-state index in [2.05, 4.69) is 6.92 Å². The van der Waals surface area contributed by atoms with Crippen molar-refractivity contribution in [2.75, 3.05) is 0 Å². The lowest BCUT2D eigenvalue weighted by Gasteiger charge is -1.99. The Labute approximate surface area is 88.2 Å². The molecule has 0 rings (SSSR count). The lowest BCUT2D eigenvalue weighted by atomic mass is 10.2. The first-order chi connectivity index (χ1) is 6.81. The van der Waals surface area contributed by atoms with Crippen molar-refractivity contribution in [1.82, 2.24) is 0 Å². The van der Waals surface area contributed by atoms with Crippen molar-refractivity contribution in [3.8, 4) is 0 Å². The third kappa shape index (κ3) is 15.6. The molecule has 0 aliphatic carbocycles. The highest BCUT2D eigenvalue weighted by Gasteiger charge is 2.14.